The van der Waals surface area contributed by atoms with Crippen LogP contribution in [0.15, 0.2) is 30.5 Å². The van der Waals surface area contributed by atoms with E-state index in [1.807, 2.05) is 24.3 Å². The first-order chi connectivity index (χ1) is 10.2. The number of rotatable bonds is 4. The zero-order valence-electron chi connectivity index (χ0n) is 12.6. The van der Waals surface area contributed by atoms with E-state index in [4.69, 9.17) is 16.3 Å². The lowest BCUT2D eigenvalue weighted by atomic mass is 10.1. The quantitative estimate of drug-likeness (QED) is 0.849. The van der Waals surface area contributed by atoms with Crippen LogP contribution in [0.25, 0.3) is 10.9 Å². The van der Waals surface area contributed by atoms with E-state index in [2.05, 4.69) is 23.7 Å². The van der Waals surface area contributed by atoms with Crippen LogP contribution in [-0.2, 0) is 0 Å². The first-order valence-electron chi connectivity index (χ1n) is 7.66. The van der Waals surface area contributed by atoms with Gasteiger partial charge < -0.3 is 4.74 Å². The lowest BCUT2D eigenvalue weighted by molar-refractivity contribution is 0.202. The van der Waals surface area contributed by atoms with Crippen LogP contribution in [0.1, 0.15) is 26.7 Å². The van der Waals surface area contributed by atoms with Crippen LogP contribution in [0.5, 0.6) is 5.75 Å². The fourth-order valence-corrected chi connectivity index (χ4v) is 3.38. The summed E-state index contributed by atoms with van der Waals surface area (Å²) in [5.74, 6) is 0.912. The second kappa shape index (κ2) is 6.20. The van der Waals surface area contributed by atoms with E-state index in [0.29, 0.717) is 11.1 Å². The molecule has 1 aromatic heterocycles. The Kier molecular flexibility index (Phi) is 4.32. The summed E-state index contributed by atoms with van der Waals surface area (Å²) >= 11 is 6.03. The lowest BCUT2D eigenvalue weighted by Crippen LogP contribution is -2.29. The van der Waals surface area contributed by atoms with Gasteiger partial charge in [-0.3, -0.25) is 9.88 Å². The molecule has 4 heteroatoms. The number of aromatic nitrogens is 1. The van der Waals surface area contributed by atoms with E-state index in [-0.39, 0.29) is 6.10 Å². The molecular formula is C17H21ClN2O. The average Bonchev–Trinajstić information content (AvgIpc) is 2.89. The predicted octanol–water partition coefficient (Wildman–Crippen LogP) is 4.14. The van der Waals surface area contributed by atoms with Crippen LogP contribution in [0.3, 0.4) is 0 Å². The molecule has 1 aliphatic rings. The van der Waals surface area contributed by atoms with Gasteiger partial charge in [0, 0.05) is 35.6 Å². The molecule has 0 bridgehead atoms. The first kappa shape index (κ1) is 14.6. The monoisotopic (exact) mass is 304 g/mol. The zero-order chi connectivity index (χ0) is 14.8. The summed E-state index contributed by atoms with van der Waals surface area (Å²) in [5.41, 5.74) is 0.886. The number of halogens is 1. The van der Waals surface area contributed by atoms with Gasteiger partial charge in [-0.05, 0) is 37.2 Å². The minimum absolute atomic E-state index is 0.260. The molecule has 1 fully saturated rings. The highest BCUT2D eigenvalue weighted by Gasteiger charge is 2.31. The number of benzene rings is 1. The van der Waals surface area contributed by atoms with E-state index in [1.54, 1.807) is 6.20 Å². The van der Waals surface area contributed by atoms with Crippen molar-refractivity contribution in [1.82, 2.24) is 9.88 Å². The second-order valence-electron chi connectivity index (χ2n) is 5.60. The Hall–Kier alpha value is -1.32. The van der Waals surface area contributed by atoms with E-state index in [9.17, 15) is 0 Å². The number of ether oxygens (including phenoxy) is 1. The molecule has 112 valence electrons. The van der Waals surface area contributed by atoms with Crippen molar-refractivity contribution in [3.8, 4) is 5.75 Å². The highest BCUT2D eigenvalue weighted by Crippen LogP contribution is 2.30. The fourth-order valence-electron chi connectivity index (χ4n) is 3.21. The van der Waals surface area contributed by atoms with Crippen LogP contribution < -0.4 is 4.74 Å². The Labute approximate surface area is 130 Å². The van der Waals surface area contributed by atoms with Crippen LogP contribution in [0.2, 0.25) is 5.02 Å². The third kappa shape index (κ3) is 2.99. The van der Waals surface area contributed by atoms with Crippen LogP contribution in [0, 0.1) is 0 Å². The molecule has 2 atom stereocenters. The smallest absolute Gasteiger partial charge is 0.130 e. The number of likely N-dealkylation sites (N-methyl/N-ethyl adjacent to an activating group) is 1. The molecule has 2 heterocycles. The molecule has 1 aromatic carbocycles. The molecule has 0 aliphatic carbocycles. The molecule has 0 amide bonds. The fraction of sp³-hybridized carbons (Fsp3) is 0.471. The molecule has 3 rings (SSSR count). The van der Waals surface area contributed by atoms with Gasteiger partial charge in [-0.1, -0.05) is 25.4 Å². The Morgan fingerprint density at radius 2 is 2.19 bits per heavy atom. The van der Waals surface area contributed by atoms with Crippen LogP contribution >= 0.6 is 11.6 Å². The summed E-state index contributed by atoms with van der Waals surface area (Å²) in [5, 5.41) is 1.74. The third-order valence-corrected chi connectivity index (χ3v) is 4.56. The largest absolute Gasteiger partial charge is 0.488 e. The van der Waals surface area contributed by atoms with Crippen molar-refractivity contribution in [1.29, 1.82) is 0 Å². The van der Waals surface area contributed by atoms with E-state index < -0.39 is 0 Å². The summed E-state index contributed by atoms with van der Waals surface area (Å²) in [4.78, 5) is 6.87. The van der Waals surface area contributed by atoms with Gasteiger partial charge in [0.2, 0.25) is 0 Å². The molecule has 2 unspecified atom stereocenters. The minimum atomic E-state index is 0.260. The number of hydrogen-bond acceptors (Lipinski definition) is 3. The molecule has 0 saturated carbocycles. The Balaban J connectivity index is 1.83. The summed E-state index contributed by atoms with van der Waals surface area (Å²) in [6, 6.07) is 8.35. The lowest BCUT2D eigenvalue weighted by Gasteiger charge is -2.20. The highest BCUT2D eigenvalue weighted by atomic mass is 35.5. The van der Waals surface area contributed by atoms with Gasteiger partial charge in [0.25, 0.3) is 0 Å². The van der Waals surface area contributed by atoms with Gasteiger partial charge in [0.1, 0.15) is 11.9 Å². The first-order valence-corrected chi connectivity index (χ1v) is 8.04. The van der Waals surface area contributed by atoms with Crippen molar-refractivity contribution in [2.45, 2.75) is 38.8 Å². The summed E-state index contributed by atoms with van der Waals surface area (Å²) < 4.78 is 6.27. The number of pyridine rings is 1. The Bertz CT molecular complexity index is 619. The second-order valence-corrected chi connectivity index (χ2v) is 6.03. The third-order valence-electron chi connectivity index (χ3n) is 4.33. The van der Waals surface area contributed by atoms with E-state index in [1.165, 1.54) is 6.42 Å². The van der Waals surface area contributed by atoms with Crippen molar-refractivity contribution in [2.24, 2.45) is 0 Å². The number of hydrogen-bond donors (Lipinski definition) is 0. The average molecular weight is 305 g/mol. The van der Waals surface area contributed by atoms with Gasteiger partial charge in [0.15, 0.2) is 0 Å². The SMILES string of the molecule is CCC1CC(Oc2ccnc3cc(Cl)ccc23)CN1CC. The van der Waals surface area contributed by atoms with Crippen LogP contribution in [0.4, 0.5) is 0 Å². The van der Waals surface area contributed by atoms with Crippen molar-refractivity contribution in [3.05, 3.63) is 35.5 Å². The summed E-state index contributed by atoms with van der Waals surface area (Å²) in [7, 11) is 0. The van der Waals surface area contributed by atoms with Crippen LogP contribution in [-0.4, -0.2) is 35.1 Å². The standard InChI is InChI=1S/C17H21ClN2O/c1-3-13-10-14(11-20(13)4-2)21-17-7-8-19-16-9-12(18)5-6-15(16)17/h5-9,13-14H,3-4,10-11H2,1-2H3. The van der Waals surface area contributed by atoms with Gasteiger partial charge in [-0.15, -0.1) is 0 Å². The van der Waals surface area contributed by atoms with Gasteiger partial charge >= 0.3 is 0 Å². The van der Waals surface area contributed by atoms with E-state index in [0.717, 1.165) is 36.2 Å². The molecular weight excluding hydrogens is 284 g/mol. The molecule has 21 heavy (non-hydrogen) atoms. The number of nitrogens with zero attached hydrogens (tertiary/aromatic N) is 2. The summed E-state index contributed by atoms with van der Waals surface area (Å²) in [6.45, 7) is 6.56. The van der Waals surface area contributed by atoms with Gasteiger partial charge in [0.05, 0.1) is 5.52 Å². The molecule has 0 spiro atoms. The predicted molar refractivity (Wildman–Crippen MR) is 87.1 cm³/mol. The van der Waals surface area contributed by atoms with Gasteiger partial charge in [-0.2, -0.15) is 0 Å². The highest BCUT2D eigenvalue weighted by molar-refractivity contribution is 6.31. The molecule has 3 nitrogen and oxygen atoms in total. The van der Waals surface area contributed by atoms with E-state index >= 15 is 0 Å². The number of fused-ring (bicyclic) bond motifs is 1. The van der Waals surface area contributed by atoms with Crippen molar-refractivity contribution >= 4 is 22.5 Å². The van der Waals surface area contributed by atoms with Crippen molar-refractivity contribution in [3.63, 3.8) is 0 Å². The maximum absolute atomic E-state index is 6.27. The molecule has 0 N–H and O–H groups in total. The molecule has 2 aromatic rings. The van der Waals surface area contributed by atoms with Crippen molar-refractivity contribution < 1.29 is 4.74 Å². The number of likely N-dealkylation sites (tertiary alicyclic amines) is 1. The van der Waals surface area contributed by atoms with Crippen molar-refractivity contribution in [2.75, 3.05) is 13.1 Å². The maximum atomic E-state index is 6.27. The zero-order valence-corrected chi connectivity index (χ0v) is 13.3. The topological polar surface area (TPSA) is 25.4 Å². The minimum Gasteiger partial charge on any atom is -0.488 e. The maximum Gasteiger partial charge on any atom is 0.130 e. The molecule has 1 aliphatic heterocycles. The summed E-state index contributed by atoms with van der Waals surface area (Å²) in [6.07, 6.45) is 4.33. The Morgan fingerprint density at radius 1 is 1.33 bits per heavy atom. The Morgan fingerprint density at radius 3 is 2.90 bits per heavy atom. The normalized spacial score (nSPS) is 22.8. The molecule has 0 radical (unpaired) electrons. The molecule has 1 saturated heterocycles. The van der Waals surface area contributed by atoms with Gasteiger partial charge in [-0.25, -0.2) is 0 Å².